The molecule has 0 bridgehead atoms. The molecule has 0 fully saturated rings. The molecule has 0 aromatic rings. The largest absolute Gasteiger partial charge is 0.534 e. The van der Waals surface area contributed by atoms with E-state index in [0.717, 1.165) is 0 Å². The Morgan fingerprint density at radius 1 is 1.70 bits per heavy atom. The Hall–Kier alpha value is -0.510. The van der Waals surface area contributed by atoms with Gasteiger partial charge in [-0.3, -0.25) is 4.79 Å². The number of nitrogens with two attached hydrogens (primary N) is 1. The van der Waals surface area contributed by atoms with Crippen LogP contribution >= 0.6 is 8.10 Å². The first kappa shape index (κ1) is 9.49. The van der Waals surface area contributed by atoms with Crippen LogP contribution in [0.2, 0.25) is 0 Å². The van der Waals surface area contributed by atoms with Crippen LogP contribution in [0.5, 0.6) is 0 Å². The predicted molar refractivity (Wildman–Crippen MR) is 38.5 cm³/mol. The first-order chi connectivity index (χ1) is 4.54. The van der Waals surface area contributed by atoms with Gasteiger partial charge in [-0.1, -0.05) is 9.76 Å². The van der Waals surface area contributed by atoms with Crippen molar-refractivity contribution in [2.75, 3.05) is 20.6 Å². The van der Waals surface area contributed by atoms with Gasteiger partial charge in [-0.05, 0) is 4.57 Å². The molecular weight excluding hydrogens is 153 g/mol. The van der Waals surface area contributed by atoms with Crippen LogP contribution in [0.1, 0.15) is 0 Å². The molecule has 6 heteroatoms. The summed E-state index contributed by atoms with van der Waals surface area (Å²) in [5.74, 6) is -0.509. The summed E-state index contributed by atoms with van der Waals surface area (Å²) in [4.78, 5) is 10.1. The Labute approximate surface area is 60.5 Å². The van der Waals surface area contributed by atoms with Crippen LogP contribution in [-0.2, 0) is 9.36 Å². The van der Waals surface area contributed by atoms with Crippen molar-refractivity contribution in [1.29, 1.82) is 0 Å². The van der Waals surface area contributed by atoms with Crippen LogP contribution in [0.15, 0.2) is 0 Å². The van der Waals surface area contributed by atoms with E-state index >= 15 is 0 Å². The van der Waals surface area contributed by atoms with Crippen molar-refractivity contribution in [1.82, 2.24) is 9.76 Å². The van der Waals surface area contributed by atoms with Crippen LogP contribution in [0, 0.1) is 0 Å². The van der Waals surface area contributed by atoms with Gasteiger partial charge in [0.1, 0.15) is 6.54 Å². The summed E-state index contributed by atoms with van der Waals surface area (Å²) in [5, 5.41) is 2.44. The molecule has 0 saturated heterocycles. The Balaban J connectivity index is 3.50. The van der Waals surface area contributed by atoms with Crippen molar-refractivity contribution in [2.24, 2.45) is 5.73 Å². The van der Waals surface area contributed by atoms with Gasteiger partial charge < -0.3 is 5.73 Å². The molecule has 5 nitrogen and oxygen atoms in total. The van der Waals surface area contributed by atoms with E-state index in [0.29, 0.717) is 0 Å². The molecule has 0 aliphatic carbocycles. The third-order valence-electron chi connectivity index (χ3n) is 0.752. The van der Waals surface area contributed by atoms with Crippen LogP contribution < -0.4 is 10.8 Å². The zero-order valence-corrected chi connectivity index (χ0v) is 6.89. The SMILES string of the molecule is CN(C)[P+](=O)NCC(N)=O. The maximum atomic E-state index is 10.8. The van der Waals surface area contributed by atoms with E-state index in [1.54, 1.807) is 14.1 Å². The van der Waals surface area contributed by atoms with Crippen LogP contribution in [0.3, 0.4) is 0 Å². The molecule has 3 N–H and O–H groups in total. The summed E-state index contributed by atoms with van der Waals surface area (Å²) < 4.78 is 12.3. The lowest BCUT2D eigenvalue weighted by Crippen LogP contribution is -2.26. The number of primary amides is 1. The van der Waals surface area contributed by atoms with Gasteiger partial charge in [0.25, 0.3) is 0 Å². The molecule has 0 aromatic heterocycles. The van der Waals surface area contributed by atoms with E-state index < -0.39 is 14.0 Å². The fraction of sp³-hybridized carbons (Fsp3) is 0.750. The lowest BCUT2D eigenvalue weighted by molar-refractivity contribution is -0.116. The average molecular weight is 164 g/mol. The number of rotatable bonds is 4. The summed E-state index contributed by atoms with van der Waals surface area (Å²) in [6, 6.07) is 0. The second-order valence-electron chi connectivity index (χ2n) is 1.92. The molecule has 1 atom stereocenters. The smallest absolute Gasteiger partial charge is 0.368 e. The van der Waals surface area contributed by atoms with Crippen molar-refractivity contribution < 1.29 is 9.36 Å². The summed E-state index contributed by atoms with van der Waals surface area (Å²) >= 11 is 0. The molecule has 0 rings (SSSR count). The summed E-state index contributed by atoms with van der Waals surface area (Å²) in [6.45, 7) is -0.0482. The summed E-state index contributed by atoms with van der Waals surface area (Å²) in [7, 11) is 1.65. The molecule has 1 amide bonds. The average Bonchev–Trinajstić information content (AvgIpc) is 1.82. The number of carbonyl (C=O) groups is 1. The molecule has 58 valence electrons. The summed E-state index contributed by atoms with van der Waals surface area (Å²) in [5.41, 5.74) is 4.79. The number of carbonyl (C=O) groups excluding carboxylic acids is 1. The van der Waals surface area contributed by atoms with Crippen LogP contribution in [0.25, 0.3) is 0 Å². The lowest BCUT2D eigenvalue weighted by atomic mass is 10.7. The molecule has 0 radical (unpaired) electrons. The maximum absolute atomic E-state index is 10.8. The number of amides is 1. The molecule has 1 unspecified atom stereocenters. The van der Waals surface area contributed by atoms with E-state index in [-0.39, 0.29) is 6.54 Å². The predicted octanol–water partition coefficient (Wildman–Crippen LogP) is -0.720. The van der Waals surface area contributed by atoms with Gasteiger partial charge in [-0.2, -0.15) is 0 Å². The van der Waals surface area contributed by atoms with Gasteiger partial charge in [0.2, 0.25) is 5.91 Å². The van der Waals surface area contributed by atoms with E-state index in [1.165, 1.54) is 4.67 Å². The third-order valence-corrected chi connectivity index (χ3v) is 1.91. The molecule has 0 saturated carbocycles. The Morgan fingerprint density at radius 3 is 2.50 bits per heavy atom. The minimum absolute atomic E-state index is 0.0482. The Bertz CT molecular complexity index is 147. The fourth-order valence-electron chi connectivity index (χ4n) is 0.287. The van der Waals surface area contributed by atoms with Crippen LogP contribution in [0.4, 0.5) is 0 Å². The molecular formula is C4H11N3O2P+. The lowest BCUT2D eigenvalue weighted by Gasteiger charge is -1.92. The standard InChI is InChI=1S/C4H10N3O2P/c1-7(2)10(9)6-3-4(5)8/h3H2,1-2H3,(H2-,5,6,8,9)/p+1. The van der Waals surface area contributed by atoms with Crippen molar-refractivity contribution >= 4 is 14.0 Å². The van der Waals surface area contributed by atoms with Crippen molar-refractivity contribution in [2.45, 2.75) is 0 Å². The van der Waals surface area contributed by atoms with Gasteiger partial charge in [0.15, 0.2) is 0 Å². The number of hydrogen-bond donors (Lipinski definition) is 2. The molecule has 0 spiro atoms. The van der Waals surface area contributed by atoms with E-state index in [2.05, 4.69) is 5.09 Å². The highest BCUT2D eigenvalue weighted by Gasteiger charge is 2.18. The van der Waals surface area contributed by atoms with Gasteiger partial charge in [0.05, 0.1) is 0 Å². The van der Waals surface area contributed by atoms with Crippen molar-refractivity contribution in [3.63, 3.8) is 0 Å². The molecule has 10 heavy (non-hydrogen) atoms. The second-order valence-corrected chi connectivity index (χ2v) is 3.58. The first-order valence-corrected chi connectivity index (χ1v) is 3.91. The Kier molecular flexibility index (Phi) is 4.11. The minimum atomic E-state index is -1.64. The first-order valence-electron chi connectivity index (χ1n) is 2.70. The second kappa shape index (κ2) is 4.33. The zero-order valence-electron chi connectivity index (χ0n) is 6.00. The van der Waals surface area contributed by atoms with Gasteiger partial charge in [-0.15, -0.1) is 0 Å². The van der Waals surface area contributed by atoms with Gasteiger partial charge in [0, 0.05) is 14.1 Å². The maximum Gasteiger partial charge on any atom is 0.534 e. The zero-order chi connectivity index (χ0) is 8.15. The number of nitrogens with one attached hydrogen (secondary N) is 1. The van der Waals surface area contributed by atoms with Gasteiger partial charge in [-0.25, -0.2) is 0 Å². The number of nitrogens with zero attached hydrogens (tertiary/aromatic N) is 1. The molecule has 0 aliphatic rings. The summed E-state index contributed by atoms with van der Waals surface area (Å²) in [6.07, 6.45) is 0. The molecule has 0 heterocycles. The van der Waals surface area contributed by atoms with Gasteiger partial charge >= 0.3 is 8.10 Å². The van der Waals surface area contributed by atoms with E-state index in [9.17, 15) is 9.36 Å². The van der Waals surface area contributed by atoms with E-state index in [1.807, 2.05) is 0 Å². The third kappa shape index (κ3) is 4.38. The topological polar surface area (TPSA) is 75.4 Å². The minimum Gasteiger partial charge on any atom is -0.368 e. The van der Waals surface area contributed by atoms with E-state index in [4.69, 9.17) is 5.73 Å². The van der Waals surface area contributed by atoms with Crippen molar-refractivity contribution in [3.8, 4) is 0 Å². The van der Waals surface area contributed by atoms with Crippen molar-refractivity contribution in [3.05, 3.63) is 0 Å². The normalized spacial score (nSPS) is 11.7. The Morgan fingerprint density at radius 2 is 2.20 bits per heavy atom. The number of hydrogen-bond acceptors (Lipinski definition) is 2. The molecule has 0 aromatic carbocycles. The van der Waals surface area contributed by atoms with Crippen LogP contribution in [-0.4, -0.2) is 31.2 Å². The fourth-order valence-corrected chi connectivity index (χ4v) is 0.861. The highest BCUT2D eigenvalue weighted by atomic mass is 31.1. The highest BCUT2D eigenvalue weighted by Crippen LogP contribution is 2.14. The highest BCUT2D eigenvalue weighted by molar-refractivity contribution is 7.39. The monoisotopic (exact) mass is 164 g/mol. The molecule has 0 aliphatic heterocycles. The quantitative estimate of drug-likeness (QED) is 0.537.